The van der Waals surface area contributed by atoms with Crippen LogP contribution >= 0.6 is 0 Å². The van der Waals surface area contributed by atoms with Crippen LogP contribution in [0.3, 0.4) is 0 Å². The Labute approximate surface area is 120 Å². The highest BCUT2D eigenvalue weighted by atomic mass is 19.1. The Morgan fingerprint density at radius 2 is 2.05 bits per heavy atom. The van der Waals surface area contributed by atoms with Crippen molar-refractivity contribution < 1.29 is 23.5 Å². The predicted octanol–water partition coefficient (Wildman–Crippen LogP) is 3.09. The number of carboxylic acid groups (broad SMARTS) is 1. The largest absolute Gasteiger partial charge is 0.478 e. The zero-order valence-electron chi connectivity index (χ0n) is 11.5. The molecule has 0 atom stereocenters. The minimum atomic E-state index is -1.54. The fourth-order valence-corrected chi connectivity index (χ4v) is 1.59. The second-order valence-electron chi connectivity index (χ2n) is 4.40. The van der Waals surface area contributed by atoms with Crippen molar-refractivity contribution in [2.75, 3.05) is 18.9 Å². The lowest BCUT2D eigenvalue weighted by atomic mass is 10.2. The molecule has 114 valence electrons. The van der Waals surface area contributed by atoms with Crippen molar-refractivity contribution in [3.8, 4) is 0 Å². The number of nitrogens with zero attached hydrogens (tertiary/aromatic N) is 1. The number of benzene rings is 1. The van der Waals surface area contributed by atoms with E-state index in [1.54, 1.807) is 6.08 Å². The van der Waals surface area contributed by atoms with Gasteiger partial charge < -0.3 is 15.3 Å². The van der Waals surface area contributed by atoms with Crippen LogP contribution in [0.2, 0.25) is 0 Å². The molecule has 1 rings (SSSR count). The molecule has 0 bridgehead atoms. The quantitative estimate of drug-likeness (QED) is 0.626. The number of unbranched alkanes of at least 4 members (excludes halogenated alkanes) is 1. The predicted molar refractivity (Wildman–Crippen MR) is 74.4 cm³/mol. The number of hydrogen-bond donors (Lipinski definition) is 2. The van der Waals surface area contributed by atoms with Crippen LogP contribution in [-0.4, -0.2) is 35.6 Å². The first kappa shape index (κ1) is 16.6. The number of urea groups is 1. The summed E-state index contributed by atoms with van der Waals surface area (Å²) in [6, 6.07) is 0.570. The summed E-state index contributed by atoms with van der Waals surface area (Å²) in [5.74, 6) is -3.77. The smallest absolute Gasteiger partial charge is 0.338 e. The third-order valence-electron chi connectivity index (χ3n) is 2.78. The van der Waals surface area contributed by atoms with E-state index in [2.05, 4.69) is 11.9 Å². The molecule has 2 amide bonds. The second kappa shape index (κ2) is 7.37. The number of halogens is 2. The fourth-order valence-electron chi connectivity index (χ4n) is 1.59. The number of hydrogen-bond acceptors (Lipinski definition) is 2. The van der Waals surface area contributed by atoms with E-state index < -0.39 is 29.2 Å². The van der Waals surface area contributed by atoms with Gasteiger partial charge in [-0.05, 0) is 18.9 Å². The number of carboxylic acids is 1. The van der Waals surface area contributed by atoms with Crippen LogP contribution in [0.15, 0.2) is 24.8 Å². The Hall–Kier alpha value is -2.44. The molecular formula is C14H16F2N2O3. The Morgan fingerprint density at radius 3 is 2.62 bits per heavy atom. The third-order valence-corrected chi connectivity index (χ3v) is 2.78. The minimum Gasteiger partial charge on any atom is -0.478 e. The van der Waals surface area contributed by atoms with Crippen LogP contribution in [0, 0.1) is 11.6 Å². The number of nitrogens with one attached hydrogen (secondary N) is 1. The van der Waals surface area contributed by atoms with Gasteiger partial charge in [-0.15, -0.1) is 6.58 Å². The Morgan fingerprint density at radius 1 is 1.38 bits per heavy atom. The number of aromatic carboxylic acids is 1. The molecule has 0 radical (unpaired) electrons. The van der Waals surface area contributed by atoms with Crippen LogP contribution in [0.25, 0.3) is 0 Å². The van der Waals surface area contributed by atoms with E-state index in [0.717, 1.165) is 12.5 Å². The molecule has 0 spiro atoms. The van der Waals surface area contributed by atoms with Gasteiger partial charge in [0.2, 0.25) is 0 Å². The normalized spacial score (nSPS) is 10.0. The molecule has 21 heavy (non-hydrogen) atoms. The summed E-state index contributed by atoms with van der Waals surface area (Å²) in [5.41, 5.74) is -1.09. The van der Waals surface area contributed by atoms with Gasteiger partial charge >= 0.3 is 12.0 Å². The van der Waals surface area contributed by atoms with Crippen LogP contribution < -0.4 is 5.32 Å². The van der Waals surface area contributed by atoms with E-state index in [0.29, 0.717) is 19.0 Å². The van der Waals surface area contributed by atoms with Gasteiger partial charge in [0.1, 0.15) is 11.6 Å². The molecule has 0 fully saturated rings. The lowest BCUT2D eigenvalue weighted by Gasteiger charge is -2.18. The maximum Gasteiger partial charge on any atom is 0.338 e. The molecular weight excluding hydrogens is 282 g/mol. The SMILES string of the molecule is C=CCCCN(C)C(=O)Nc1cc(C(=O)O)c(F)cc1F. The number of carbonyl (C=O) groups is 2. The highest BCUT2D eigenvalue weighted by Gasteiger charge is 2.17. The lowest BCUT2D eigenvalue weighted by Crippen LogP contribution is -2.32. The Bertz CT molecular complexity index is 561. The maximum absolute atomic E-state index is 13.5. The van der Waals surface area contributed by atoms with Crippen molar-refractivity contribution in [2.45, 2.75) is 12.8 Å². The zero-order chi connectivity index (χ0) is 16.0. The van der Waals surface area contributed by atoms with Crippen LogP contribution in [0.1, 0.15) is 23.2 Å². The van der Waals surface area contributed by atoms with E-state index in [-0.39, 0.29) is 5.69 Å². The molecule has 0 heterocycles. The molecule has 0 saturated carbocycles. The lowest BCUT2D eigenvalue weighted by molar-refractivity contribution is 0.0692. The van der Waals surface area contributed by atoms with E-state index in [4.69, 9.17) is 5.11 Å². The van der Waals surface area contributed by atoms with Gasteiger partial charge in [-0.3, -0.25) is 0 Å². The van der Waals surface area contributed by atoms with Crippen LogP contribution in [-0.2, 0) is 0 Å². The van der Waals surface area contributed by atoms with Crippen molar-refractivity contribution >= 4 is 17.7 Å². The first-order chi connectivity index (χ1) is 9.86. The van der Waals surface area contributed by atoms with Gasteiger partial charge in [0, 0.05) is 19.7 Å². The van der Waals surface area contributed by atoms with E-state index in [1.807, 2.05) is 0 Å². The van der Waals surface area contributed by atoms with Crippen molar-refractivity contribution in [2.24, 2.45) is 0 Å². The molecule has 0 unspecified atom stereocenters. The van der Waals surface area contributed by atoms with Crippen LogP contribution in [0.4, 0.5) is 19.3 Å². The van der Waals surface area contributed by atoms with E-state index >= 15 is 0 Å². The maximum atomic E-state index is 13.5. The summed E-state index contributed by atoms with van der Waals surface area (Å²) in [5, 5.41) is 11.0. The fraction of sp³-hybridized carbons (Fsp3) is 0.286. The molecule has 0 aliphatic carbocycles. The van der Waals surface area contributed by atoms with Crippen LogP contribution in [0.5, 0.6) is 0 Å². The van der Waals surface area contributed by atoms with Gasteiger partial charge in [-0.1, -0.05) is 6.08 Å². The number of rotatable bonds is 6. The van der Waals surface area contributed by atoms with E-state index in [9.17, 15) is 18.4 Å². The van der Waals surface area contributed by atoms with Gasteiger partial charge in [0.05, 0.1) is 11.3 Å². The molecule has 5 nitrogen and oxygen atoms in total. The van der Waals surface area contributed by atoms with Gasteiger partial charge in [-0.2, -0.15) is 0 Å². The summed E-state index contributed by atoms with van der Waals surface area (Å²) in [4.78, 5) is 23.9. The molecule has 7 heteroatoms. The average Bonchev–Trinajstić information content (AvgIpc) is 2.41. The summed E-state index contributed by atoms with van der Waals surface area (Å²) in [7, 11) is 1.51. The standard InChI is InChI=1S/C14H16F2N2O3/c1-3-4-5-6-18(2)14(21)17-12-7-9(13(19)20)10(15)8-11(12)16/h3,7-8H,1,4-6H2,2H3,(H,17,21)(H,19,20). The number of carbonyl (C=O) groups excluding carboxylic acids is 1. The van der Waals surface area contributed by atoms with Gasteiger partial charge in [-0.25, -0.2) is 18.4 Å². The van der Waals surface area contributed by atoms with Crippen molar-refractivity contribution in [1.82, 2.24) is 4.90 Å². The monoisotopic (exact) mass is 298 g/mol. The topological polar surface area (TPSA) is 69.6 Å². The number of allylic oxidation sites excluding steroid dienone is 1. The third kappa shape index (κ3) is 4.55. The van der Waals surface area contributed by atoms with Crippen molar-refractivity contribution in [3.63, 3.8) is 0 Å². The average molecular weight is 298 g/mol. The Kier molecular flexibility index (Phi) is 5.83. The van der Waals surface area contributed by atoms with Crippen molar-refractivity contribution in [3.05, 3.63) is 42.0 Å². The highest BCUT2D eigenvalue weighted by Crippen LogP contribution is 2.20. The Balaban J connectivity index is 2.82. The summed E-state index contributed by atoms with van der Waals surface area (Å²) < 4.78 is 26.8. The summed E-state index contributed by atoms with van der Waals surface area (Å²) in [6.07, 6.45) is 3.13. The number of anilines is 1. The molecule has 0 aliphatic heterocycles. The molecule has 0 saturated heterocycles. The first-order valence-corrected chi connectivity index (χ1v) is 6.22. The number of amides is 2. The summed E-state index contributed by atoms with van der Waals surface area (Å²) in [6.45, 7) is 3.98. The molecule has 1 aromatic rings. The molecule has 2 N–H and O–H groups in total. The molecule has 0 aliphatic rings. The zero-order valence-corrected chi connectivity index (χ0v) is 11.5. The molecule has 0 aromatic heterocycles. The van der Waals surface area contributed by atoms with E-state index in [1.165, 1.54) is 11.9 Å². The second-order valence-corrected chi connectivity index (χ2v) is 4.40. The van der Waals surface area contributed by atoms with Gasteiger partial charge in [0.25, 0.3) is 0 Å². The minimum absolute atomic E-state index is 0.380. The summed E-state index contributed by atoms with van der Waals surface area (Å²) >= 11 is 0. The van der Waals surface area contributed by atoms with Gasteiger partial charge in [0.15, 0.2) is 0 Å². The highest BCUT2D eigenvalue weighted by molar-refractivity contribution is 5.93. The van der Waals surface area contributed by atoms with Crippen molar-refractivity contribution in [1.29, 1.82) is 0 Å². The molecule has 1 aromatic carbocycles. The first-order valence-electron chi connectivity index (χ1n) is 6.22.